The van der Waals surface area contributed by atoms with Crippen LogP contribution in [0.2, 0.25) is 0 Å². The number of nitrogens with zero attached hydrogens (tertiary/aromatic N) is 2. The van der Waals surface area contributed by atoms with Crippen molar-refractivity contribution in [2.24, 2.45) is 0 Å². The Morgan fingerprint density at radius 3 is 2.78 bits per heavy atom. The molecule has 1 saturated heterocycles. The van der Waals surface area contributed by atoms with Gasteiger partial charge in [-0.15, -0.1) is 0 Å². The number of aliphatic hydroxyl groups excluding tert-OH is 1. The van der Waals surface area contributed by atoms with Crippen molar-refractivity contribution < 1.29 is 14.2 Å². The average Bonchev–Trinajstić information content (AvgIpc) is 3.37. The van der Waals surface area contributed by atoms with Crippen LogP contribution in [0.5, 0.6) is 0 Å². The lowest BCUT2D eigenvalue weighted by Gasteiger charge is -2.31. The predicted octanol–water partition coefficient (Wildman–Crippen LogP) is 1.53. The molecule has 1 atom stereocenters. The van der Waals surface area contributed by atoms with Crippen molar-refractivity contribution in [1.82, 2.24) is 9.80 Å². The van der Waals surface area contributed by atoms with E-state index in [1.165, 1.54) is 18.9 Å². The molecule has 1 aromatic rings. The summed E-state index contributed by atoms with van der Waals surface area (Å²) in [5.74, 6) is -0.173. The van der Waals surface area contributed by atoms with Gasteiger partial charge < -0.3 is 9.84 Å². The Morgan fingerprint density at radius 1 is 1.30 bits per heavy atom. The van der Waals surface area contributed by atoms with E-state index >= 15 is 0 Å². The van der Waals surface area contributed by atoms with Crippen molar-refractivity contribution in [3.05, 3.63) is 35.6 Å². The van der Waals surface area contributed by atoms with E-state index in [0.29, 0.717) is 19.1 Å². The van der Waals surface area contributed by atoms with E-state index in [9.17, 15) is 9.50 Å². The smallest absolute Gasteiger partial charge is 0.123 e. The van der Waals surface area contributed by atoms with Crippen LogP contribution in [-0.4, -0.2) is 73.0 Å². The summed E-state index contributed by atoms with van der Waals surface area (Å²) < 4.78 is 18.6. The number of halogens is 1. The van der Waals surface area contributed by atoms with E-state index in [1.807, 2.05) is 6.07 Å². The summed E-state index contributed by atoms with van der Waals surface area (Å²) in [5, 5.41) is 10.4. The van der Waals surface area contributed by atoms with E-state index in [1.54, 1.807) is 12.1 Å². The minimum absolute atomic E-state index is 0.173. The third-order valence-electron chi connectivity index (χ3n) is 4.66. The summed E-state index contributed by atoms with van der Waals surface area (Å²) in [6.07, 6.45) is 2.93. The maximum atomic E-state index is 13.3. The summed E-state index contributed by atoms with van der Waals surface area (Å²) in [5.41, 5.74) is 1.03. The molecule has 1 aliphatic heterocycles. The van der Waals surface area contributed by atoms with E-state index in [-0.39, 0.29) is 11.9 Å². The van der Waals surface area contributed by atoms with Gasteiger partial charge in [0.05, 0.1) is 19.3 Å². The first kappa shape index (κ1) is 16.8. The number of aliphatic hydroxyl groups is 1. The third-order valence-corrected chi connectivity index (χ3v) is 4.66. The Morgan fingerprint density at radius 2 is 2.09 bits per heavy atom. The molecule has 2 aliphatic rings. The topological polar surface area (TPSA) is 35.9 Å². The fourth-order valence-electron chi connectivity index (χ4n) is 3.24. The van der Waals surface area contributed by atoms with Gasteiger partial charge in [-0.25, -0.2) is 4.39 Å². The maximum absolute atomic E-state index is 13.3. The van der Waals surface area contributed by atoms with Crippen LogP contribution in [0.25, 0.3) is 0 Å². The SMILES string of the molecule is OC(CN1CCOCC1)CN(CCc1cccc(F)c1)C1CC1. The molecule has 3 rings (SSSR count). The average molecular weight is 322 g/mol. The molecular weight excluding hydrogens is 295 g/mol. The molecule has 0 spiro atoms. The summed E-state index contributed by atoms with van der Waals surface area (Å²) in [7, 11) is 0. The minimum atomic E-state index is -0.332. The number of β-amino-alcohol motifs (C(OH)–C–C–N with tert-alkyl or cyclic N) is 1. The number of benzene rings is 1. The van der Waals surface area contributed by atoms with Crippen molar-refractivity contribution in [1.29, 1.82) is 0 Å². The third kappa shape index (κ3) is 5.53. The molecular formula is C18H27FN2O2. The first-order valence-electron chi connectivity index (χ1n) is 8.67. The second-order valence-electron chi connectivity index (χ2n) is 6.67. The van der Waals surface area contributed by atoms with Gasteiger partial charge in [0.15, 0.2) is 0 Å². The Labute approximate surface area is 137 Å². The highest BCUT2D eigenvalue weighted by atomic mass is 19.1. The van der Waals surface area contributed by atoms with Crippen LogP contribution in [0.1, 0.15) is 18.4 Å². The highest BCUT2D eigenvalue weighted by molar-refractivity contribution is 5.16. The van der Waals surface area contributed by atoms with Crippen LogP contribution in [0, 0.1) is 5.82 Å². The standard InChI is InChI=1S/C18H27FN2O2/c19-16-3-1-2-15(12-16)6-7-21(17-4-5-17)14-18(22)13-20-8-10-23-11-9-20/h1-3,12,17-18,22H,4-11,13-14H2. The molecule has 1 saturated carbocycles. The molecule has 2 fully saturated rings. The van der Waals surface area contributed by atoms with E-state index in [2.05, 4.69) is 9.80 Å². The quantitative estimate of drug-likeness (QED) is 0.787. The molecule has 23 heavy (non-hydrogen) atoms. The number of ether oxygens (including phenoxy) is 1. The highest BCUT2D eigenvalue weighted by Gasteiger charge is 2.30. The molecule has 5 heteroatoms. The first-order chi connectivity index (χ1) is 11.2. The highest BCUT2D eigenvalue weighted by Crippen LogP contribution is 2.27. The van der Waals surface area contributed by atoms with Gasteiger partial charge >= 0.3 is 0 Å². The van der Waals surface area contributed by atoms with Gasteiger partial charge in [-0.1, -0.05) is 12.1 Å². The Bertz CT molecular complexity index is 490. The van der Waals surface area contributed by atoms with Crippen LogP contribution < -0.4 is 0 Å². The van der Waals surface area contributed by atoms with Crippen LogP contribution in [0.15, 0.2) is 24.3 Å². The monoisotopic (exact) mass is 322 g/mol. The lowest BCUT2D eigenvalue weighted by Crippen LogP contribution is -2.45. The fourth-order valence-corrected chi connectivity index (χ4v) is 3.24. The number of hydrogen-bond acceptors (Lipinski definition) is 4. The molecule has 1 unspecified atom stereocenters. The van der Waals surface area contributed by atoms with Crippen molar-refractivity contribution in [3.63, 3.8) is 0 Å². The first-order valence-corrected chi connectivity index (χ1v) is 8.67. The molecule has 4 nitrogen and oxygen atoms in total. The van der Waals surface area contributed by atoms with Crippen molar-refractivity contribution in [2.75, 3.05) is 45.9 Å². The molecule has 1 heterocycles. The van der Waals surface area contributed by atoms with Gasteiger partial charge in [-0.2, -0.15) is 0 Å². The second-order valence-corrected chi connectivity index (χ2v) is 6.67. The van der Waals surface area contributed by atoms with Crippen LogP contribution in [0.3, 0.4) is 0 Å². The summed E-state index contributed by atoms with van der Waals surface area (Å²) in [4.78, 5) is 4.64. The lowest BCUT2D eigenvalue weighted by atomic mass is 10.1. The van der Waals surface area contributed by atoms with Crippen molar-refractivity contribution in [2.45, 2.75) is 31.4 Å². The van der Waals surface area contributed by atoms with Gasteiger partial charge in [0.25, 0.3) is 0 Å². The zero-order valence-electron chi connectivity index (χ0n) is 13.7. The van der Waals surface area contributed by atoms with Gasteiger partial charge in [0, 0.05) is 38.8 Å². The van der Waals surface area contributed by atoms with E-state index < -0.39 is 0 Å². The van der Waals surface area contributed by atoms with Gasteiger partial charge in [-0.05, 0) is 37.0 Å². The molecule has 1 aromatic carbocycles. The number of morpholine rings is 1. The van der Waals surface area contributed by atoms with Crippen molar-refractivity contribution in [3.8, 4) is 0 Å². The fraction of sp³-hybridized carbons (Fsp3) is 0.667. The largest absolute Gasteiger partial charge is 0.390 e. The molecule has 0 aromatic heterocycles. The summed E-state index contributed by atoms with van der Waals surface area (Å²) in [6, 6.07) is 7.42. The molecule has 1 aliphatic carbocycles. The summed E-state index contributed by atoms with van der Waals surface area (Å²) >= 11 is 0. The zero-order valence-corrected chi connectivity index (χ0v) is 13.7. The Kier molecular flexibility index (Phi) is 6.00. The van der Waals surface area contributed by atoms with Gasteiger partial charge in [0.2, 0.25) is 0 Å². The maximum Gasteiger partial charge on any atom is 0.123 e. The second kappa shape index (κ2) is 8.20. The molecule has 0 radical (unpaired) electrons. The van der Waals surface area contributed by atoms with Crippen LogP contribution in [0.4, 0.5) is 4.39 Å². The zero-order chi connectivity index (χ0) is 16.1. The lowest BCUT2D eigenvalue weighted by molar-refractivity contribution is 0.00630. The van der Waals surface area contributed by atoms with Crippen LogP contribution in [-0.2, 0) is 11.2 Å². The number of hydrogen-bond donors (Lipinski definition) is 1. The van der Waals surface area contributed by atoms with Crippen molar-refractivity contribution >= 4 is 0 Å². The van der Waals surface area contributed by atoms with E-state index in [4.69, 9.17) is 4.74 Å². The Balaban J connectivity index is 1.46. The molecule has 1 N–H and O–H groups in total. The molecule has 128 valence electrons. The normalized spacial score (nSPS) is 20.8. The Hall–Kier alpha value is -1.01. The number of rotatable bonds is 8. The predicted molar refractivity (Wildman–Crippen MR) is 88.0 cm³/mol. The summed E-state index contributed by atoms with van der Waals surface area (Å²) in [6.45, 7) is 5.64. The molecule has 0 bridgehead atoms. The van der Waals surface area contributed by atoms with Gasteiger partial charge in [0.1, 0.15) is 5.82 Å². The minimum Gasteiger partial charge on any atom is -0.390 e. The van der Waals surface area contributed by atoms with Gasteiger partial charge in [-0.3, -0.25) is 9.80 Å². The van der Waals surface area contributed by atoms with Crippen LogP contribution >= 0.6 is 0 Å². The molecule has 0 amide bonds. The van der Waals surface area contributed by atoms with E-state index in [0.717, 1.165) is 44.8 Å².